The molecule has 48 heavy (non-hydrogen) atoms. The van der Waals surface area contributed by atoms with Crippen LogP contribution >= 0.6 is 0 Å². The van der Waals surface area contributed by atoms with Crippen molar-refractivity contribution < 1.29 is 43.2 Å². The first-order valence-corrected chi connectivity index (χ1v) is 18.9. The van der Waals surface area contributed by atoms with Crippen LogP contribution in [0.2, 0.25) is 0 Å². The van der Waals surface area contributed by atoms with E-state index < -0.39 is 48.6 Å². The number of rotatable bonds is 11. The molecule has 0 bridgehead atoms. The number of hydrogen-bond acceptors (Lipinski definition) is 9. The normalized spacial score (nSPS) is 41.3. The lowest BCUT2D eigenvalue weighted by Gasteiger charge is -2.57. The Labute approximate surface area is 288 Å². The first-order chi connectivity index (χ1) is 22.7. The van der Waals surface area contributed by atoms with Gasteiger partial charge in [-0.15, -0.1) is 0 Å². The van der Waals surface area contributed by atoms with E-state index in [1.54, 1.807) is 0 Å². The summed E-state index contributed by atoms with van der Waals surface area (Å²) in [6.45, 7) is 15.7. The zero-order chi connectivity index (χ0) is 34.9. The van der Waals surface area contributed by atoms with Crippen molar-refractivity contribution in [3.63, 3.8) is 0 Å². The molecule has 3 saturated carbocycles. The van der Waals surface area contributed by atoms with Gasteiger partial charge < -0.3 is 28.8 Å². The van der Waals surface area contributed by atoms with Gasteiger partial charge in [-0.05, 0) is 97.7 Å². The minimum atomic E-state index is -1.40. The molecule has 5 aliphatic rings. The van der Waals surface area contributed by atoms with Gasteiger partial charge in [0.1, 0.15) is 18.8 Å². The molecule has 0 aromatic rings. The summed E-state index contributed by atoms with van der Waals surface area (Å²) in [7, 11) is 0. The van der Waals surface area contributed by atoms with E-state index in [0.29, 0.717) is 5.92 Å². The quantitative estimate of drug-likeness (QED) is 0.144. The van der Waals surface area contributed by atoms with E-state index in [4.69, 9.17) is 23.7 Å². The van der Waals surface area contributed by atoms with Gasteiger partial charge in [-0.25, -0.2) is 0 Å². The summed E-state index contributed by atoms with van der Waals surface area (Å²) in [6.07, 6.45) is 8.23. The van der Waals surface area contributed by atoms with Crippen LogP contribution in [-0.4, -0.2) is 66.4 Å². The Bertz CT molecular complexity index is 1180. The Hall–Kier alpha value is -1.97. The van der Waals surface area contributed by atoms with Gasteiger partial charge in [0.2, 0.25) is 0 Å². The number of carbonyl (C=O) groups excluding carboxylic acids is 3. The summed E-state index contributed by atoms with van der Waals surface area (Å²) >= 11 is 0. The van der Waals surface area contributed by atoms with E-state index in [0.717, 1.165) is 67.1 Å². The van der Waals surface area contributed by atoms with Crippen molar-refractivity contribution in [3.8, 4) is 0 Å². The number of hydrogen-bond donors (Lipinski definition) is 1. The van der Waals surface area contributed by atoms with Crippen molar-refractivity contribution in [2.45, 2.75) is 156 Å². The number of carbonyl (C=O) groups is 3. The van der Waals surface area contributed by atoms with Gasteiger partial charge in [0.05, 0.1) is 6.10 Å². The molecule has 272 valence electrons. The first kappa shape index (κ1) is 37.3. The molecule has 0 radical (unpaired) electrons. The summed E-state index contributed by atoms with van der Waals surface area (Å²) in [5.74, 6) is 4.49. The maximum Gasteiger partial charge on any atom is 0.303 e. The molecule has 0 spiro atoms. The molecule has 5 rings (SSSR count). The van der Waals surface area contributed by atoms with Crippen LogP contribution in [0, 0.1) is 52.8 Å². The van der Waals surface area contributed by atoms with E-state index in [1.807, 2.05) is 0 Å². The lowest BCUT2D eigenvalue weighted by molar-refractivity contribution is -0.316. The lowest BCUT2D eigenvalue weighted by atomic mass is 9.48. The molecule has 9 heteroatoms. The van der Waals surface area contributed by atoms with Crippen molar-refractivity contribution >= 4 is 17.9 Å². The van der Waals surface area contributed by atoms with Crippen LogP contribution < -0.4 is 0 Å². The first-order valence-electron chi connectivity index (χ1n) is 18.9. The van der Waals surface area contributed by atoms with Crippen molar-refractivity contribution in [2.75, 3.05) is 6.61 Å². The minimum Gasteiger partial charge on any atom is -0.463 e. The van der Waals surface area contributed by atoms with Crippen LogP contribution in [0.4, 0.5) is 0 Å². The highest BCUT2D eigenvalue weighted by atomic mass is 16.7. The molecule has 9 nitrogen and oxygen atoms in total. The van der Waals surface area contributed by atoms with Gasteiger partial charge in [0.25, 0.3) is 0 Å². The molecule has 0 aromatic carbocycles. The van der Waals surface area contributed by atoms with Crippen LogP contribution in [0.5, 0.6) is 0 Å². The number of ether oxygens (including phenoxy) is 5. The summed E-state index contributed by atoms with van der Waals surface area (Å²) in [4.78, 5) is 35.6. The Morgan fingerprint density at radius 1 is 0.979 bits per heavy atom. The van der Waals surface area contributed by atoms with Gasteiger partial charge in [-0.3, -0.25) is 14.4 Å². The number of allylic oxidation sites excluding steroid dienone is 1. The van der Waals surface area contributed by atoms with Gasteiger partial charge in [-0.1, -0.05) is 65.5 Å². The fourth-order valence-corrected chi connectivity index (χ4v) is 10.8. The van der Waals surface area contributed by atoms with Crippen LogP contribution in [0.15, 0.2) is 11.6 Å². The fraction of sp³-hybridized carbons (Fsp3) is 0.872. The molecule has 1 saturated heterocycles. The minimum absolute atomic E-state index is 0.133. The Kier molecular flexibility index (Phi) is 12.0. The second-order valence-corrected chi connectivity index (χ2v) is 16.6. The van der Waals surface area contributed by atoms with Gasteiger partial charge in [-0.2, -0.15) is 0 Å². The zero-order valence-corrected chi connectivity index (χ0v) is 30.7. The van der Waals surface area contributed by atoms with Crippen LogP contribution in [0.1, 0.15) is 120 Å². The van der Waals surface area contributed by atoms with E-state index >= 15 is 0 Å². The maximum absolute atomic E-state index is 12.0. The third-order valence-electron chi connectivity index (χ3n) is 13.0. The van der Waals surface area contributed by atoms with E-state index in [-0.39, 0.29) is 18.1 Å². The van der Waals surface area contributed by atoms with Crippen molar-refractivity contribution in [2.24, 2.45) is 52.8 Å². The molecular weight excluding hydrogens is 612 g/mol. The molecule has 4 fully saturated rings. The van der Waals surface area contributed by atoms with Crippen molar-refractivity contribution in [1.82, 2.24) is 0 Å². The molecular formula is C39H62O9. The number of aliphatic hydroxyl groups is 1. The Balaban J connectivity index is 1.27. The number of esters is 3. The van der Waals surface area contributed by atoms with E-state index in [2.05, 4.69) is 40.7 Å². The molecule has 14 atom stereocenters. The third kappa shape index (κ3) is 7.99. The van der Waals surface area contributed by atoms with E-state index in [1.165, 1.54) is 64.9 Å². The molecule has 1 aliphatic heterocycles. The lowest BCUT2D eigenvalue weighted by Crippen LogP contribution is -2.62. The zero-order valence-electron chi connectivity index (χ0n) is 30.7. The summed E-state index contributed by atoms with van der Waals surface area (Å²) in [6, 6.07) is 0. The van der Waals surface area contributed by atoms with Crippen molar-refractivity contribution in [3.05, 3.63) is 11.6 Å². The number of aliphatic hydroxyl groups excluding tert-OH is 1. The molecule has 1 heterocycles. The smallest absolute Gasteiger partial charge is 0.303 e. The molecule has 0 amide bonds. The Morgan fingerprint density at radius 3 is 2.35 bits per heavy atom. The second kappa shape index (κ2) is 15.5. The second-order valence-electron chi connectivity index (χ2n) is 16.6. The van der Waals surface area contributed by atoms with Crippen LogP contribution in [0.3, 0.4) is 0 Å². The summed E-state index contributed by atoms with van der Waals surface area (Å²) in [5.41, 5.74) is 1.59. The largest absolute Gasteiger partial charge is 0.463 e. The fourth-order valence-electron chi connectivity index (χ4n) is 10.8. The highest BCUT2D eigenvalue weighted by Crippen LogP contribution is 2.64. The predicted molar refractivity (Wildman–Crippen MR) is 180 cm³/mol. The maximum atomic E-state index is 12.0. The highest BCUT2D eigenvalue weighted by molar-refractivity contribution is 5.68. The molecule has 8 unspecified atom stereocenters. The van der Waals surface area contributed by atoms with Crippen molar-refractivity contribution in [1.29, 1.82) is 0 Å². The van der Waals surface area contributed by atoms with Gasteiger partial charge in [0, 0.05) is 20.8 Å². The Morgan fingerprint density at radius 2 is 1.69 bits per heavy atom. The standard InChI is InChI=1S/C39H62O9/c1-21(2)10-9-11-22(3)29-14-15-31-30-13-12-27-19-28(16-17-39(27,8)32(30)18-23(4)34(29)31)47-38-35(43)37(46-26(7)42)36(45-25(6)41)33(48-38)20-44-24(5)40/h12,21-23,28-38,43H,9-11,13-20H2,1-8H3/t22-,23-,28?,29-,30?,31?,32?,33?,34?,35?,36-,37?,38+,39+/m1/s1. The topological polar surface area (TPSA) is 118 Å². The highest BCUT2D eigenvalue weighted by Gasteiger charge is 2.57. The van der Waals surface area contributed by atoms with Crippen LogP contribution in [-0.2, 0) is 38.1 Å². The van der Waals surface area contributed by atoms with Crippen LogP contribution in [0.25, 0.3) is 0 Å². The average molecular weight is 675 g/mol. The molecule has 0 aromatic heterocycles. The van der Waals surface area contributed by atoms with Gasteiger partial charge in [0.15, 0.2) is 18.5 Å². The van der Waals surface area contributed by atoms with Gasteiger partial charge >= 0.3 is 17.9 Å². The number of fused-ring (bicyclic) bond motifs is 5. The third-order valence-corrected chi connectivity index (χ3v) is 13.0. The predicted octanol–water partition coefficient (Wildman–Crippen LogP) is 6.78. The SMILES string of the molecule is CC(=O)OCC1O[C@H](OC2CC[C@@]3(C)C(=CCC4C5CC[C@H]([C@H](C)CCCC(C)C)C5[C@H](C)CC43)C2)C(O)C(OC(C)=O)[C@@H]1OC(C)=O. The summed E-state index contributed by atoms with van der Waals surface area (Å²) in [5, 5.41) is 11.3. The average Bonchev–Trinajstić information content (AvgIpc) is 3.46. The monoisotopic (exact) mass is 674 g/mol. The molecule has 1 N–H and O–H groups in total. The molecule has 4 aliphatic carbocycles. The van der Waals surface area contributed by atoms with E-state index in [9.17, 15) is 19.5 Å². The summed E-state index contributed by atoms with van der Waals surface area (Å²) < 4.78 is 28.6.